The lowest BCUT2D eigenvalue weighted by molar-refractivity contribution is 0.381. The standard InChI is InChI=1S/C12H20N2S2/c1-2-4-14-12(10-3-5-15-8-10)6-11-7-13-9-16-11/h7,9-10,12,14H,2-6,8H2,1H3. The third-order valence-corrected chi connectivity index (χ3v) is 5.09. The van der Waals surface area contributed by atoms with Crippen molar-refractivity contribution >= 4 is 23.1 Å². The molecule has 16 heavy (non-hydrogen) atoms. The molecule has 2 heterocycles. The third kappa shape index (κ3) is 3.47. The Morgan fingerprint density at radius 2 is 2.56 bits per heavy atom. The second-order valence-corrected chi connectivity index (χ2v) is 6.48. The van der Waals surface area contributed by atoms with Crippen LogP contribution in [0.2, 0.25) is 0 Å². The Morgan fingerprint density at radius 1 is 1.62 bits per heavy atom. The molecule has 0 radical (unpaired) electrons. The molecule has 0 aliphatic carbocycles. The first kappa shape index (κ1) is 12.4. The Balaban J connectivity index is 1.90. The Labute approximate surface area is 106 Å². The summed E-state index contributed by atoms with van der Waals surface area (Å²) in [6.07, 6.45) is 5.78. The van der Waals surface area contributed by atoms with Crippen LogP contribution in [-0.2, 0) is 6.42 Å². The van der Waals surface area contributed by atoms with E-state index >= 15 is 0 Å². The van der Waals surface area contributed by atoms with Gasteiger partial charge in [0.15, 0.2) is 0 Å². The first-order valence-corrected chi connectivity index (χ1v) is 8.12. The predicted octanol–water partition coefficient (Wildman–Crippen LogP) is 2.81. The van der Waals surface area contributed by atoms with Crippen molar-refractivity contribution in [3.63, 3.8) is 0 Å². The summed E-state index contributed by atoms with van der Waals surface area (Å²) in [4.78, 5) is 5.59. The lowest BCUT2D eigenvalue weighted by Gasteiger charge is -2.23. The number of hydrogen-bond acceptors (Lipinski definition) is 4. The average molecular weight is 256 g/mol. The van der Waals surface area contributed by atoms with Crippen LogP contribution in [0.3, 0.4) is 0 Å². The highest BCUT2D eigenvalue weighted by Gasteiger charge is 2.25. The molecule has 2 nitrogen and oxygen atoms in total. The fourth-order valence-electron chi connectivity index (χ4n) is 2.17. The van der Waals surface area contributed by atoms with Gasteiger partial charge in [0.05, 0.1) is 5.51 Å². The number of hydrogen-bond donors (Lipinski definition) is 1. The zero-order valence-corrected chi connectivity index (χ0v) is 11.4. The van der Waals surface area contributed by atoms with Crippen LogP contribution in [-0.4, -0.2) is 29.1 Å². The van der Waals surface area contributed by atoms with Crippen LogP contribution >= 0.6 is 23.1 Å². The maximum Gasteiger partial charge on any atom is 0.0794 e. The van der Waals surface area contributed by atoms with Crippen molar-refractivity contribution in [1.82, 2.24) is 10.3 Å². The molecule has 1 fully saturated rings. The molecule has 1 aliphatic rings. The van der Waals surface area contributed by atoms with Gasteiger partial charge in [0.25, 0.3) is 0 Å². The van der Waals surface area contributed by atoms with Gasteiger partial charge in [0, 0.05) is 17.1 Å². The van der Waals surface area contributed by atoms with Crippen molar-refractivity contribution in [2.45, 2.75) is 32.2 Å². The summed E-state index contributed by atoms with van der Waals surface area (Å²) in [5.74, 6) is 3.54. The minimum Gasteiger partial charge on any atom is -0.313 e. The van der Waals surface area contributed by atoms with Gasteiger partial charge in [-0.3, -0.25) is 4.98 Å². The van der Waals surface area contributed by atoms with Gasteiger partial charge in [-0.1, -0.05) is 6.92 Å². The fourth-order valence-corrected chi connectivity index (χ4v) is 4.16. The number of aromatic nitrogens is 1. The van der Waals surface area contributed by atoms with Gasteiger partial charge in [-0.15, -0.1) is 11.3 Å². The van der Waals surface area contributed by atoms with Crippen LogP contribution in [0.25, 0.3) is 0 Å². The number of thiazole rings is 1. The lowest BCUT2D eigenvalue weighted by atomic mass is 9.96. The minimum absolute atomic E-state index is 0.662. The third-order valence-electron chi connectivity index (χ3n) is 3.10. The van der Waals surface area contributed by atoms with Crippen LogP contribution in [0.5, 0.6) is 0 Å². The van der Waals surface area contributed by atoms with Crippen LogP contribution in [0.15, 0.2) is 11.7 Å². The van der Waals surface area contributed by atoms with Crippen molar-refractivity contribution in [3.8, 4) is 0 Å². The highest BCUT2D eigenvalue weighted by Crippen LogP contribution is 2.28. The molecule has 2 atom stereocenters. The van der Waals surface area contributed by atoms with Crippen molar-refractivity contribution in [2.24, 2.45) is 5.92 Å². The molecule has 1 aromatic heterocycles. The van der Waals surface area contributed by atoms with E-state index in [0.717, 1.165) is 18.9 Å². The highest BCUT2D eigenvalue weighted by atomic mass is 32.2. The second-order valence-electron chi connectivity index (χ2n) is 4.36. The quantitative estimate of drug-likeness (QED) is 0.847. The van der Waals surface area contributed by atoms with Crippen LogP contribution in [0.1, 0.15) is 24.6 Å². The zero-order chi connectivity index (χ0) is 11.2. The van der Waals surface area contributed by atoms with Gasteiger partial charge < -0.3 is 5.32 Å². The smallest absolute Gasteiger partial charge is 0.0794 e. The van der Waals surface area contributed by atoms with Crippen LogP contribution < -0.4 is 5.32 Å². The summed E-state index contributed by atoms with van der Waals surface area (Å²) in [7, 11) is 0. The van der Waals surface area contributed by atoms with Crippen LogP contribution in [0, 0.1) is 5.92 Å². The second kappa shape index (κ2) is 6.62. The Morgan fingerprint density at radius 3 is 3.19 bits per heavy atom. The van der Waals surface area contributed by atoms with E-state index in [0.29, 0.717) is 6.04 Å². The summed E-state index contributed by atoms with van der Waals surface area (Å²) in [5, 5.41) is 3.72. The SMILES string of the molecule is CCCNC(Cc1cncs1)C1CCSC1. The molecule has 1 N–H and O–H groups in total. The summed E-state index contributed by atoms with van der Waals surface area (Å²) in [6.45, 7) is 3.38. The van der Waals surface area contributed by atoms with Crippen molar-refractivity contribution < 1.29 is 0 Å². The fraction of sp³-hybridized carbons (Fsp3) is 0.750. The van der Waals surface area contributed by atoms with E-state index in [2.05, 4.69) is 29.0 Å². The van der Waals surface area contributed by atoms with E-state index in [1.54, 1.807) is 11.3 Å². The number of rotatable bonds is 6. The maximum absolute atomic E-state index is 4.17. The molecular weight excluding hydrogens is 236 g/mol. The molecule has 2 rings (SSSR count). The normalized spacial score (nSPS) is 22.4. The molecule has 0 saturated carbocycles. The maximum atomic E-state index is 4.17. The van der Waals surface area contributed by atoms with E-state index in [-0.39, 0.29) is 0 Å². The topological polar surface area (TPSA) is 24.9 Å². The van der Waals surface area contributed by atoms with Gasteiger partial charge in [-0.05, 0) is 43.2 Å². The minimum atomic E-state index is 0.662. The van der Waals surface area contributed by atoms with Gasteiger partial charge in [-0.2, -0.15) is 11.8 Å². The molecule has 1 aliphatic heterocycles. The zero-order valence-electron chi connectivity index (χ0n) is 9.82. The lowest BCUT2D eigenvalue weighted by Crippen LogP contribution is -2.38. The number of nitrogens with zero attached hydrogens (tertiary/aromatic N) is 1. The molecule has 1 aromatic rings. The Kier molecular flexibility index (Phi) is 5.13. The molecule has 0 aromatic carbocycles. The molecule has 0 amide bonds. The van der Waals surface area contributed by atoms with E-state index in [9.17, 15) is 0 Å². The molecule has 0 bridgehead atoms. The van der Waals surface area contributed by atoms with E-state index in [1.165, 1.54) is 29.2 Å². The summed E-state index contributed by atoms with van der Waals surface area (Å²) in [6, 6.07) is 0.662. The average Bonchev–Trinajstić information content (AvgIpc) is 2.96. The molecule has 0 spiro atoms. The van der Waals surface area contributed by atoms with Crippen molar-refractivity contribution in [3.05, 3.63) is 16.6 Å². The first-order chi connectivity index (χ1) is 7.90. The first-order valence-electron chi connectivity index (χ1n) is 6.08. The van der Waals surface area contributed by atoms with Gasteiger partial charge in [-0.25, -0.2) is 0 Å². The highest BCUT2D eigenvalue weighted by molar-refractivity contribution is 7.99. The number of thioether (sulfide) groups is 1. The summed E-state index contributed by atoms with van der Waals surface area (Å²) < 4.78 is 0. The van der Waals surface area contributed by atoms with Crippen LogP contribution in [0.4, 0.5) is 0 Å². The van der Waals surface area contributed by atoms with E-state index < -0.39 is 0 Å². The molecule has 4 heteroatoms. The molecular formula is C12H20N2S2. The summed E-state index contributed by atoms with van der Waals surface area (Å²) >= 11 is 3.89. The van der Waals surface area contributed by atoms with Crippen molar-refractivity contribution in [1.29, 1.82) is 0 Å². The Bertz CT molecular complexity index is 281. The number of nitrogens with one attached hydrogen (secondary N) is 1. The Hall–Kier alpha value is -0.0600. The van der Waals surface area contributed by atoms with E-state index in [1.807, 2.05) is 11.7 Å². The predicted molar refractivity (Wildman–Crippen MR) is 73.3 cm³/mol. The van der Waals surface area contributed by atoms with Gasteiger partial charge in [0.2, 0.25) is 0 Å². The van der Waals surface area contributed by atoms with Gasteiger partial charge >= 0.3 is 0 Å². The molecule has 2 unspecified atom stereocenters. The monoisotopic (exact) mass is 256 g/mol. The van der Waals surface area contributed by atoms with Gasteiger partial charge in [0.1, 0.15) is 0 Å². The van der Waals surface area contributed by atoms with E-state index in [4.69, 9.17) is 0 Å². The largest absolute Gasteiger partial charge is 0.313 e. The van der Waals surface area contributed by atoms with Crippen molar-refractivity contribution in [2.75, 3.05) is 18.1 Å². The summed E-state index contributed by atoms with van der Waals surface area (Å²) in [5.41, 5.74) is 1.94. The molecule has 1 saturated heterocycles. The molecule has 90 valence electrons.